The summed E-state index contributed by atoms with van der Waals surface area (Å²) >= 11 is 0. The first-order valence-electron chi connectivity index (χ1n) is 7.57. The maximum Gasteiger partial charge on any atom is 0.224 e. The lowest BCUT2D eigenvalue weighted by atomic mass is 10.1. The molecular formula is C19H17FN2O. The molecule has 116 valence electrons. The third-order valence-electron chi connectivity index (χ3n) is 3.74. The number of rotatable bonds is 5. The quantitative estimate of drug-likeness (QED) is 0.786. The molecule has 0 aliphatic rings. The second-order valence-electron chi connectivity index (χ2n) is 5.36. The Labute approximate surface area is 134 Å². The van der Waals surface area contributed by atoms with E-state index in [4.69, 9.17) is 0 Å². The van der Waals surface area contributed by atoms with Gasteiger partial charge in [-0.1, -0.05) is 42.5 Å². The number of fused-ring (bicyclic) bond motifs is 1. The van der Waals surface area contributed by atoms with Gasteiger partial charge in [-0.2, -0.15) is 0 Å². The van der Waals surface area contributed by atoms with Crippen LogP contribution < -0.4 is 5.32 Å². The van der Waals surface area contributed by atoms with Gasteiger partial charge in [0.05, 0.1) is 11.9 Å². The third kappa shape index (κ3) is 3.72. The summed E-state index contributed by atoms with van der Waals surface area (Å²) in [6.07, 6.45) is 2.47. The molecule has 0 saturated carbocycles. The van der Waals surface area contributed by atoms with Crippen LogP contribution in [0.15, 0.2) is 60.8 Å². The van der Waals surface area contributed by atoms with E-state index < -0.39 is 0 Å². The molecule has 0 saturated heterocycles. The van der Waals surface area contributed by atoms with Gasteiger partial charge in [0.1, 0.15) is 5.82 Å². The van der Waals surface area contributed by atoms with Gasteiger partial charge in [-0.3, -0.25) is 9.78 Å². The number of para-hydroxylation sites is 1. The van der Waals surface area contributed by atoms with Crippen LogP contribution in [0.5, 0.6) is 0 Å². The minimum Gasteiger partial charge on any atom is -0.355 e. The van der Waals surface area contributed by atoms with E-state index in [-0.39, 0.29) is 18.1 Å². The maximum absolute atomic E-state index is 13.5. The number of carbonyl (C=O) groups is 1. The van der Waals surface area contributed by atoms with Crippen LogP contribution >= 0.6 is 0 Å². The van der Waals surface area contributed by atoms with Crippen molar-refractivity contribution in [2.45, 2.75) is 12.8 Å². The molecule has 23 heavy (non-hydrogen) atoms. The molecule has 0 atom stereocenters. The SMILES string of the molecule is O=C(Cc1cccc2cccnc12)NCCc1ccccc1F. The molecule has 0 aliphatic carbocycles. The number of carbonyl (C=O) groups excluding carboxylic acids is 1. The number of nitrogens with one attached hydrogen (secondary N) is 1. The Morgan fingerprint density at radius 2 is 1.78 bits per heavy atom. The number of nitrogens with zero attached hydrogens (tertiary/aromatic N) is 1. The fourth-order valence-corrected chi connectivity index (χ4v) is 2.58. The number of amides is 1. The molecule has 2 aromatic carbocycles. The number of hydrogen-bond donors (Lipinski definition) is 1. The van der Waals surface area contributed by atoms with Gasteiger partial charge >= 0.3 is 0 Å². The van der Waals surface area contributed by atoms with Crippen molar-refractivity contribution >= 4 is 16.8 Å². The van der Waals surface area contributed by atoms with Crippen LogP contribution in [0.3, 0.4) is 0 Å². The van der Waals surface area contributed by atoms with E-state index in [1.165, 1.54) is 6.07 Å². The maximum atomic E-state index is 13.5. The van der Waals surface area contributed by atoms with Gasteiger partial charge in [-0.15, -0.1) is 0 Å². The molecular weight excluding hydrogens is 291 g/mol. The van der Waals surface area contributed by atoms with E-state index in [1.807, 2.05) is 30.3 Å². The topological polar surface area (TPSA) is 42.0 Å². The van der Waals surface area contributed by atoms with Gasteiger partial charge in [0.25, 0.3) is 0 Å². The minimum absolute atomic E-state index is 0.0838. The van der Waals surface area contributed by atoms with E-state index >= 15 is 0 Å². The Bertz CT molecular complexity index is 827. The number of aromatic nitrogens is 1. The monoisotopic (exact) mass is 308 g/mol. The first-order valence-corrected chi connectivity index (χ1v) is 7.57. The first kappa shape index (κ1) is 15.2. The van der Waals surface area contributed by atoms with Gasteiger partial charge in [0.2, 0.25) is 5.91 Å². The minimum atomic E-state index is -0.236. The van der Waals surface area contributed by atoms with Crippen molar-refractivity contribution in [3.05, 3.63) is 77.7 Å². The second-order valence-corrected chi connectivity index (χ2v) is 5.36. The van der Waals surface area contributed by atoms with Crippen molar-refractivity contribution in [2.75, 3.05) is 6.54 Å². The van der Waals surface area contributed by atoms with Crippen LogP contribution in [0.25, 0.3) is 10.9 Å². The number of hydrogen-bond acceptors (Lipinski definition) is 2. The summed E-state index contributed by atoms with van der Waals surface area (Å²) < 4.78 is 13.5. The number of pyridine rings is 1. The highest BCUT2D eigenvalue weighted by Gasteiger charge is 2.08. The zero-order valence-electron chi connectivity index (χ0n) is 12.6. The Morgan fingerprint density at radius 1 is 1.00 bits per heavy atom. The van der Waals surface area contributed by atoms with Gasteiger partial charge in [-0.05, 0) is 29.7 Å². The van der Waals surface area contributed by atoms with E-state index in [9.17, 15) is 9.18 Å². The van der Waals surface area contributed by atoms with Crippen LogP contribution in [0.2, 0.25) is 0 Å². The van der Waals surface area contributed by atoms with E-state index in [0.717, 1.165) is 16.5 Å². The predicted molar refractivity (Wildman–Crippen MR) is 88.6 cm³/mol. The van der Waals surface area contributed by atoms with Gasteiger partial charge in [0, 0.05) is 18.1 Å². The van der Waals surface area contributed by atoms with Crippen molar-refractivity contribution in [1.82, 2.24) is 10.3 Å². The summed E-state index contributed by atoms with van der Waals surface area (Å²) in [6.45, 7) is 0.415. The fourth-order valence-electron chi connectivity index (χ4n) is 2.58. The highest BCUT2D eigenvalue weighted by molar-refractivity contribution is 5.87. The molecule has 1 aromatic heterocycles. The molecule has 3 aromatic rings. The summed E-state index contributed by atoms with van der Waals surface area (Å²) in [4.78, 5) is 16.4. The van der Waals surface area contributed by atoms with Crippen LogP contribution in [-0.2, 0) is 17.6 Å². The van der Waals surface area contributed by atoms with Crippen LogP contribution in [0.1, 0.15) is 11.1 Å². The van der Waals surface area contributed by atoms with Gasteiger partial charge in [0.15, 0.2) is 0 Å². The Balaban J connectivity index is 1.60. The molecule has 1 amide bonds. The third-order valence-corrected chi connectivity index (χ3v) is 3.74. The molecule has 3 rings (SSSR count). The molecule has 1 heterocycles. The Kier molecular flexibility index (Phi) is 4.62. The molecule has 3 nitrogen and oxygen atoms in total. The van der Waals surface area contributed by atoms with Crippen molar-refractivity contribution in [3.8, 4) is 0 Å². The molecule has 1 N–H and O–H groups in total. The molecule has 4 heteroatoms. The standard InChI is InChI=1S/C19H17FN2O/c20-17-9-2-1-5-14(17)10-12-21-18(23)13-16-7-3-6-15-8-4-11-22-19(15)16/h1-9,11H,10,12-13H2,(H,21,23). The summed E-state index contributed by atoms with van der Waals surface area (Å²) in [7, 11) is 0. The molecule has 0 unspecified atom stereocenters. The smallest absolute Gasteiger partial charge is 0.224 e. The largest absolute Gasteiger partial charge is 0.355 e. The number of benzene rings is 2. The molecule has 0 radical (unpaired) electrons. The summed E-state index contributed by atoms with van der Waals surface area (Å²) in [5, 5.41) is 3.86. The Hall–Kier alpha value is -2.75. The molecule has 0 aliphatic heterocycles. The zero-order chi connectivity index (χ0) is 16.1. The van der Waals surface area contributed by atoms with Crippen molar-refractivity contribution in [1.29, 1.82) is 0 Å². The highest BCUT2D eigenvalue weighted by Crippen LogP contribution is 2.16. The first-order chi connectivity index (χ1) is 11.2. The van der Waals surface area contributed by atoms with E-state index in [0.29, 0.717) is 18.5 Å². The van der Waals surface area contributed by atoms with E-state index in [1.54, 1.807) is 24.4 Å². The molecule has 0 bridgehead atoms. The molecule has 0 fully saturated rings. The average Bonchev–Trinajstić information content (AvgIpc) is 2.57. The summed E-state index contributed by atoms with van der Waals surface area (Å²) in [5.74, 6) is -0.320. The average molecular weight is 308 g/mol. The number of halogens is 1. The summed E-state index contributed by atoms with van der Waals surface area (Å²) in [6, 6.07) is 16.3. The van der Waals surface area contributed by atoms with Crippen molar-refractivity contribution in [3.63, 3.8) is 0 Å². The molecule has 0 spiro atoms. The second kappa shape index (κ2) is 7.01. The van der Waals surface area contributed by atoms with Crippen LogP contribution in [-0.4, -0.2) is 17.4 Å². The fraction of sp³-hybridized carbons (Fsp3) is 0.158. The van der Waals surface area contributed by atoms with Gasteiger partial charge in [-0.25, -0.2) is 4.39 Å². The lowest BCUT2D eigenvalue weighted by Gasteiger charge is -2.08. The van der Waals surface area contributed by atoms with Crippen LogP contribution in [0, 0.1) is 5.82 Å². The summed E-state index contributed by atoms with van der Waals surface area (Å²) in [5.41, 5.74) is 2.35. The van der Waals surface area contributed by atoms with E-state index in [2.05, 4.69) is 10.3 Å². The van der Waals surface area contributed by atoms with Crippen molar-refractivity contribution < 1.29 is 9.18 Å². The highest BCUT2D eigenvalue weighted by atomic mass is 19.1. The lowest BCUT2D eigenvalue weighted by Crippen LogP contribution is -2.27. The Morgan fingerprint density at radius 3 is 2.65 bits per heavy atom. The van der Waals surface area contributed by atoms with Gasteiger partial charge < -0.3 is 5.32 Å². The zero-order valence-corrected chi connectivity index (χ0v) is 12.6. The van der Waals surface area contributed by atoms with Crippen molar-refractivity contribution in [2.24, 2.45) is 0 Å². The predicted octanol–water partition coefficient (Wildman–Crippen LogP) is 3.28. The van der Waals surface area contributed by atoms with Crippen LogP contribution in [0.4, 0.5) is 4.39 Å². The normalized spacial score (nSPS) is 10.7. The lowest BCUT2D eigenvalue weighted by molar-refractivity contribution is -0.120.